The van der Waals surface area contributed by atoms with Gasteiger partial charge in [0.15, 0.2) is 0 Å². The van der Waals surface area contributed by atoms with E-state index < -0.39 is 0 Å². The topological polar surface area (TPSA) is 30.0 Å². The van der Waals surface area contributed by atoms with Gasteiger partial charge in [-0.25, -0.2) is 0 Å². The first-order valence-corrected chi connectivity index (χ1v) is 6.12. The van der Waals surface area contributed by atoms with E-state index in [-0.39, 0.29) is 17.1 Å². The summed E-state index contributed by atoms with van der Waals surface area (Å²) >= 11 is 0. The van der Waals surface area contributed by atoms with Crippen LogP contribution in [-0.4, -0.2) is 11.3 Å². The van der Waals surface area contributed by atoms with Crippen LogP contribution in [0.15, 0.2) is 18.3 Å². The van der Waals surface area contributed by atoms with E-state index in [1.54, 1.807) is 12.6 Å². The zero-order valence-corrected chi connectivity index (χ0v) is 12.2. The maximum atomic E-state index is 10.7. The summed E-state index contributed by atoms with van der Waals surface area (Å²) in [7, 11) is 0. The SMILES string of the molecule is Cc1cccnc1[C]1[CH][CH][CH][C]1C=O.[CH]1[CH][CH][CH][CH]1.[Fe+2]. The van der Waals surface area contributed by atoms with E-state index >= 15 is 0 Å². The minimum absolute atomic E-state index is 0. The molecular formula is C17H15FeNO+2. The van der Waals surface area contributed by atoms with Gasteiger partial charge in [-0.1, -0.05) is 6.07 Å². The van der Waals surface area contributed by atoms with Gasteiger partial charge in [-0.3, -0.25) is 4.98 Å². The summed E-state index contributed by atoms with van der Waals surface area (Å²) in [5, 5.41) is 0. The molecule has 2 aliphatic rings. The van der Waals surface area contributed by atoms with Crippen LogP contribution in [0.4, 0.5) is 0 Å². The fraction of sp³-hybridized carbons (Fsp3) is 0.0588. The number of carbonyl (C=O) groups excluding carboxylic acids is 1. The first kappa shape index (κ1) is 17.4. The molecule has 2 nitrogen and oxygen atoms in total. The van der Waals surface area contributed by atoms with Crippen LogP contribution in [0, 0.1) is 70.1 Å². The standard InChI is InChI=1S/C12H10NO.C5H5.Fe/c1-9-4-3-7-13-12(9)11-6-2-5-10(11)8-14;1-2-4-5-3-1;/h2-8H,1H3;1-5H;/q;;+2. The Kier molecular flexibility index (Phi) is 8.09. The second kappa shape index (κ2) is 9.31. The van der Waals surface area contributed by atoms with E-state index in [4.69, 9.17) is 0 Å². The molecule has 0 N–H and O–H groups in total. The molecule has 3 heteroatoms. The van der Waals surface area contributed by atoms with E-state index in [1.807, 2.05) is 64.0 Å². The van der Waals surface area contributed by atoms with Crippen molar-refractivity contribution in [3.05, 3.63) is 92.8 Å². The number of aldehydes is 1. The van der Waals surface area contributed by atoms with Crippen LogP contribution in [0.3, 0.4) is 0 Å². The largest absolute Gasteiger partial charge is 2.00 e. The third-order valence-electron chi connectivity index (χ3n) is 2.80. The molecule has 0 aliphatic heterocycles. The maximum Gasteiger partial charge on any atom is 2.00 e. The average molecular weight is 305 g/mol. The summed E-state index contributed by atoms with van der Waals surface area (Å²) in [5.74, 6) is 1.62. The zero-order chi connectivity index (χ0) is 13.5. The molecule has 20 heavy (non-hydrogen) atoms. The molecule has 0 spiro atoms. The molecule has 2 fully saturated rings. The van der Waals surface area contributed by atoms with Crippen LogP contribution in [0.5, 0.6) is 0 Å². The van der Waals surface area contributed by atoms with Crippen LogP contribution < -0.4 is 0 Å². The Labute approximate surface area is 133 Å². The number of hydrogen-bond donors (Lipinski definition) is 0. The Morgan fingerprint density at radius 3 is 2.20 bits per heavy atom. The van der Waals surface area contributed by atoms with Crippen LogP contribution in [0.2, 0.25) is 0 Å². The third-order valence-corrected chi connectivity index (χ3v) is 2.80. The van der Waals surface area contributed by atoms with Gasteiger partial charge in [0.1, 0.15) is 6.29 Å². The maximum absolute atomic E-state index is 10.7. The van der Waals surface area contributed by atoms with Crippen molar-refractivity contribution in [2.45, 2.75) is 6.92 Å². The summed E-state index contributed by atoms with van der Waals surface area (Å²) in [4.78, 5) is 15.0. The number of carbonyl (C=O) groups is 1. The number of pyridine rings is 1. The molecule has 1 aromatic rings. The van der Waals surface area contributed by atoms with Gasteiger partial charge in [-0.15, -0.1) is 0 Å². The van der Waals surface area contributed by atoms with Crippen molar-refractivity contribution in [2.24, 2.45) is 0 Å². The van der Waals surface area contributed by atoms with Crippen molar-refractivity contribution in [1.29, 1.82) is 0 Å². The van der Waals surface area contributed by atoms with Crippen LogP contribution in [-0.2, 0) is 21.9 Å². The number of nitrogens with zero attached hydrogens (tertiary/aromatic N) is 1. The Balaban J connectivity index is 0.000000283. The molecule has 1 heterocycles. The summed E-state index contributed by atoms with van der Waals surface area (Å²) in [5.41, 5.74) is 1.97. The summed E-state index contributed by atoms with van der Waals surface area (Å²) in [6.07, 6.45) is 18.2. The first-order chi connectivity index (χ1) is 9.33. The van der Waals surface area contributed by atoms with Gasteiger partial charge in [-0.2, -0.15) is 0 Å². The van der Waals surface area contributed by atoms with Gasteiger partial charge in [0.2, 0.25) is 0 Å². The van der Waals surface area contributed by atoms with Gasteiger partial charge in [0.05, 0.1) is 11.6 Å². The van der Waals surface area contributed by atoms with Crippen LogP contribution in [0.25, 0.3) is 0 Å². The Morgan fingerprint density at radius 2 is 1.65 bits per heavy atom. The van der Waals surface area contributed by atoms with E-state index in [9.17, 15) is 4.79 Å². The molecule has 2 saturated carbocycles. The zero-order valence-electron chi connectivity index (χ0n) is 11.1. The number of rotatable bonds is 2. The van der Waals surface area contributed by atoms with E-state index in [0.717, 1.165) is 23.5 Å². The van der Waals surface area contributed by atoms with Crippen molar-refractivity contribution in [2.75, 3.05) is 0 Å². The molecule has 100 valence electrons. The molecule has 0 atom stereocenters. The van der Waals surface area contributed by atoms with Gasteiger partial charge < -0.3 is 4.79 Å². The molecule has 1 aromatic heterocycles. The number of aromatic nitrogens is 1. The van der Waals surface area contributed by atoms with Gasteiger partial charge in [0, 0.05) is 12.1 Å². The van der Waals surface area contributed by atoms with Crippen molar-refractivity contribution in [3.8, 4) is 0 Å². The van der Waals surface area contributed by atoms with E-state index in [2.05, 4.69) is 4.98 Å². The van der Waals surface area contributed by atoms with Crippen molar-refractivity contribution in [1.82, 2.24) is 4.98 Å². The Hall–Kier alpha value is -0.661. The van der Waals surface area contributed by atoms with Crippen LogP contribution in [0.1, 0.15) is 11.3 Å². The minimum atomic E-state index is 0. The monoisotopic (exact) mass is 305 g/mol. The van der Waals surface area contributed by atoms with Gasteiger partial charge in [0.25, 0.3) is 0 Å². The van der Waals surface area contributed by atoms with Crippen molar-refractivity contribution in [3.63, 3.8) is 0 Å². The van der Waals surface area contributed by atoms with Crippen LogP contribution >= 0.6 is 0 Å². The molecular weight excluding hydrogens is 290 g/mol. The summed E-state index contributed by atoms with van der Waals surface area (Å²) in [6, 6.07) is 3.88. The normalized spacial score (nSPS) is 19.1. The first-order valence-electron chi connectivity index (χ1n) is 6.12. The van der Waals surface area contributed by atoms with E-state index in [0.29, 0.717) is 5.92 Å². The Bertz CT molecular complexity index is 396. The summed E-state index contributed by atoms with van der Waals surface area (Å²) in [6.45, 7) is 1.99. The molecule has 0 unspecified atom stereocenters. The number of hydrogen-bond acceptors (Lipinski definition) is 2. The Morgan fingerprint density at radius 1 is 1.00 bits per heavy atom. The molecule has 2 aliphatic carbocycles. The quantitative estimate of drug-likeness (QED) is 0.621. The smallest absolute Gasteiger partial charge is 0.303 e. The molecule has 0 amide bonds. The number of aryl methyl sites for hydroxylation is 1. The molecule has 0 bridgehead atoms. The summed E-state index contributed by atoms with van der Waals surface area (Å²) < 4.78 is 0. The second-order valence-corrected chi connectivity index (χ2v) is 4.14. The van der Waals surface area contributed by atoms with Crippen molar-refractivity contribution >= 4 is 6.29 Å². The average Bonchev–Trinajstić information content (AvgIpc) is 3.13. The van der Waals surface area contributed by atoms with Gasteiger partial charge in [-0.05, 0) is 69.9 Å². The molecule has 0 aromatic carbocycles. The minimum Gasteiger partial charge on any atom is -0.303 e. The predicted octanol–water partition coefficient (Wildman–Crippen LogP) is 2.73. The third kappa shape index (κ3) is 4.71. The van der Waals surface area contributed by atoms with E-state index in [1.165, 1.54) is 0 Å². The molecule has 10 radical (unpaired) electrons. The molecule has 0 saturated heterocycles. The molecule has 3 rings (SSSR count). The fourth-order valence-electron chi connectivity index (χ4n) is 1.84. The van der Waals surface area contributed by atoms with Gasteiger partial charge >= 0.3 is 17.1 Å². The second-order valence-electron chi connectivity index (χ2n) is 4.14. The predicted molar refractivity (Wildman–Crippen MR) is 75.0 cm³/mol. The van der Waals surface area contributed by atoms with Crippen molar-refractivity contribution < 1.29 is 21.9 Å². The fourth-order valence-corrected chi connectivity index (χ4v) is 1.84.